The van der Waals surface area contributed by atoms with E-state index >= 15 is 0 Å². The van der Waals surface area contributed by atoms with Gasteiger partial charge < -0.3 is 14.6 Å². The number of carbonyl (C=O) groups is 1. The number of alkyl carbamates (subject to hydrolysis) is 1. The normalized spacial score (nSPS) is 11.3. The summed E-state index contributed by atoms with van der Waals surface area (Å²) < 4.78 is 12.4. The van der Waals surface area contributed by atoms with Gasteiger partial charge in [0.05, 0.1) is 29.7 Å². The summed E-state index contributed by atoms with van der Waals surface area (Å²) in [5.41, 5.74) is 2.25. The zero-order valence-electron chi connectivity index (χ0n) is 17.4. The molecule has 158 valence electrons. The summed E-state index contributed by atoms with van der Waals surface area (Å²) in [5.74, 6) is 0.692. The molecule has 0 bridgehead atoms. The van der Waals surface area contributed by atoms with Crippen molar-refractivity contribution in [3.05, 3.63) is 66.6 Å². The summed E-state index contributed by atoms with van der Waals surface area (Å²) in [5, 5.41) is 11.1. The highest BCUT2D eigenvalue weighted by Gasteiger charge is 2.17. The molecule has 0 spiro atoms. The van der Waals surface area contributed by atoms with Crippen molar-refractivity contribution in [1.82, 2.24) is 30.2 Å². The summed E-state index contributed by atoms with van der Waals surface area (Å²) in [7, 11) is 0. The second-order valence-electron chi connectivity index (χ2n) is 7.80. The van der Waals surface area contributed by atoms with Crippen molar-refractivity contribution in [1.29, 1.82) is 0 Å². The number of ether oxygens (including phenoxy) is 1. The Hall–Kier alpha value is -4.01. The lowest BCUT2D eigenvalue weighted by Gasteiger charge is -2.19. The topological polar surface area (TPSA) is 108 Å². The van der Waals surface area contributed by atoms with Crippen molar-refractivity contribution >= 4 is 6.09 Å². The molecule has 3 heterocycles. The maximum Gasteiger partial charge on any atom is 0.407 e. The zero-order chi connectivity index (χ0) is 21.8. The van der Waals surface area contributed by atoms with Crippen molar-refractivity contribution in [3.63, 3.8) is 0 Å². The first-order valence-electron chi connectivity index (χ1n) is 9.75. The molecule has 3 aromatic heterocycles. The third-order valence-electron chi connectivity index (χ3n) is 4.13. The van der Waals surface area contributed by atoms with Gasteiger partial charge in [0.1, 0.15) is 11.3 Å². The van der Waals surface area contributed by atoms with Crippen molar-refractivity contribution in [2.24, 2.45) is 0 Å². The minimum absolute atomic E-state index is 0.216. The number of hydrogen-bond acceptors (Lipinski definition) is 7. The third-order valence-corrected chi connectivity index (χ3v) is 4.13. The average molecular weight is 418 g/mol. The van der Waals surface area contributed by atoms with Crippen LogP contribution in [0.3, 0.4) is 0 Å². The van der Waals surface area contributed by atoms with Gasteiger partial charge in [-0.1, -0.05) is 29.4 Å². The summed E-state index contributed by atoms with van der Waals surface area (Å²) in [6.45, 7) is 5.64. The molecule has 1 amide bonds. The SMILES string of the molecule is CC(C)(C)OC(=O)NCc1cccc(-c2nc(-c3cnn(-c4ccccc4)c3)no2)n1. The van der Waals surface area contributed by atoms with Crippen molar-refractivity contribution < 1.29 is 14.1 Å². The highest BCUT2D eigenvalue weighted by molar-refractivity contribution is 5.67. The van der Waals surface area contributed by atoms with Crippen molar-refractivity contribution in [2.45, 2.75) is 32.9 Å². The lowest BCUT2D eigenvalue weighted by molar-refractivity contribution is 0.0523. The molecule has 9 nitrogen and oxygen atoms in total. The van der Waals surface area contributed by atoms with E-state index in [1.54, 1.807) is 23.0 Å². The molecule has 4 rings (SSSR count). The molecule has 0 aliphatic rings. The van der Waals surface area contributed by atoms with Crippen LogP contribution in [-0.2, 0) is 11.3 Å². The van der Waals surface area contributed by atoms with E-state index in [9.17, 15) is 4.79 Å². The van der Waals surface area contributed by atoms with Crippen molar-refractivity contribution in [2.75, 3.05) is 0 Å². The molecule has 0 aliphatic carbocycles. The molecule has 0 saturated heterocycles. The predicted octanol–water partition coefficient (Wildman–Crippen LogP) is 4.01. The Kier molecular flexibility index (Phi) is 5.48. The monoisotopic (exact) mass is 418 g/mol. The van der Waals surface area contributed by atoms with E-state index in [4.69, 9.17) is 9.26 Å². The molecule has 0 aliphatic heterocycles. The minimum atomic E-state index is -0.562. The number of hydrogen-bond donors (Lipinski definition) is 1. The minimum Gasteiger partial charge on any atom is -0.444 e. The van der Waals surface area contributed by atoms with Gasteiger partial charge in [-0.05, 0) is 45.0 Å². The standard InChI is InChI=1S/C22H22N6O3/c1-22(2,3)30-21(29)23-13-16-8-7-11-18(25-16)20-26-19(27-31-20)15-12-24-28(14-15)17-9-5-4-6-10-17/h4-12,14H,13H2,1-3H3,(H,23,29). The van der Waals surface area contributed by atoms with Crippen LogP contribution in [0.5, 0.6) is 0 Å². The van der Waals surface area contributed by atoms with E-state index in [2.05, 4.69) is 25.5 Å². The first-order chi connectivity index (χ1) is 14.9. The molecule has 0 radical (unpaired) electrons. The Labute approximate surface area is 179 Å². The highest BCUT2D eigenvalue weighted by Crippen LogP contribution is 2.21. The number of aromatic nitrogens is 5. The lowest BCUT2D eigenvalue weighted by Crippen LogP contribution is -2.32. The summed E-state index contributed by atoms with van der Waals surface area (Å²) in [6.07, 6.45) is 3.00. The lowest BCUT2D eigenvalue weighted by atomic mass is 10.2. The van der Waals surface area contributed by atoms with Crippen LogP contribution in [0.25, 0.3) is 28.7 Å². The molecule has 0 saturated carbocycles. The number of benzene rings is 1. The Morgan fingerprint density at radius 3 is 2.68 bits per heavy atom. The number of nitrogens with zero attached hydrogens (tertiary/aromatic N) is 5. The van der Waals surface area contributed by atoms with Gasteiger partial charge in [0.15, 0.2) is 0 Å². The fourth-order valence-corrected chi connectivity index (χ4v) is 2.78. The maximum absolute atomic E-state index is 11.8. The summed E-state index contributed by atoms with van der Waals surface area (Å²) in [6, 6.07) is 15.1. The van der Waals surface area contributed by atoms with Crippen LogP contribution < -0.4 is 5.32 Å². The van der Waals surface area contributed by atoms with Crippen LogP contribution in [0.2, 0.25) is 0 Å². The van der Waals surface area contributed by atoms with Crippen LogP contribution in [0.1, 0.15) is 26.5 Å². The third kappa shape index (κ3) is 5.13. The largest absolute Gasteiger partial charge is 0.444 e. The first kappa shape index (κ1) is 20.3. The molecular formula is C22H22N6O3. The van der Waals surface area contributed by atoms with Gasteiger partial charge in [-0.15, -0.1) is 0 Å². The fourth-order valence-electron chi connectivity index (χ4n) is 2.78. The molecule has 1 aromatic carbocycles. The van der Waals surface area contributed by atoms with Gasteiger partial charge in [-0.3, -0.25) is 0 Å². The Morgan fingerprint density at radius 2 is 1.90 bits per heavy atom. The van der Waals surface area contributed by atoms with Crippen LogP contribution >= 0.6 is 0 Å². The van der Waals surface area contributed by atoms with E-state index in [-0.39, 0.29) is 12.4 Å². The van der Waals surface area contributed by atoms with Gasteiger partial charge in [-0.25, -0.2) is 14.5 Å². The van der Waals surface area contributed by atoms with E-state index in [0.29, 0.717) is 17.2 Å². The second kappa shape index (κ2) is 8.39. The number of carbonyl (C=O) groups excluding carboxylic acids is 1. The molecule has 0 atom stereocenters. The van der Waals surface area contributed by atoms with Gasteiger partial charge in [0.2, 0.25) is 5.82 Å². The van der Waals surface area contributed by atoms with E-state index < -0.39 is 11.7 Å². The van der Waals surface area contributed by atoms with Crippen molar-refractivity contribution in [3.8, 4) is 28.7 Å². The molecule has 31 heavy (non-hydrogen) atoms. The van der Waals surface area contributed by atoms with E-state index in [0.717, 1.165) is 11.3 Å². The number of nitrogens with one attached hydrogen (secondary N) is 1. The molecule has 1 N–H and O–H groups in total. The van der Waals surface area contributed by atoms with E-state index in [1.165, 1.54) is 0 Å². The number of para-hydroxylation sites is 1. The Bertz CT molecular complexity index is 1180. The van der Waals surface area contributed by atoms with Crippen LogP contribution in [0, 0.1) is 0 Å². The molecule has 9 heteroatoms. The van der Waals surface area contributed by atoms with Gasteiger partial charge in [-0.2, -0.15) is 10.1 Å². The maximum atomic E-state index is 11.8. The predicted molar refractivity (Wildman–Crippen MR) is 113 cm³/mol. The Balaban J connectivity index is 1.46. The van der Waals surface area contributed by atoms with Crippen LogP contribution in [0.4, 0.5) is 4.79 Å². The van der Waals surface area contributed by atoms with E-state index in [1.807, 2.05) is 63.4 Å². The van der Waals surface area contributed by atoms with Gasteiger partial charge in [0, 0.05) is 6.20 Å². The van der Waals surface area contributed by atoms with Gasteiger partial charge >= 0.3 is 6.09 Å². The second-order valence-corrected chi connectivity index (χ2v) is 7.80. The molecular weight excluding hydrogens is 396 g/mol. The average Bonchev–Trinajstić information content (AvgIpc) is 3.42. The summed E-state index contributed by atoms with van der Waals surface area (Å²) >= 11 is 0. The highest BCUT2D eigenvalue weighted by atomic mass is 16.6. The van der Waals surface area contributed by atoms with Gasteiger partial charge in [0.25, 0.3) is 5.89 Å². The summed E-state index contributed by atoms with van der Waals surface area (Å²) in [4.78, 5) is 20.8. The number of rotatable bonds is 5. The number of pyridine rings is 1. The fraction of sp³-hybridized carbons (Fsp3) is 0.227. The molecule has 0 fully saturated rings. The molecule has 4 aromatic rings. The van der Waals surface area contributed by atoms with Crippen LogP contribution in [-0.4, -0.2) is 36.6 Å². The Morgan fingerprint density at radius 1 is 1.10 bits per heavy atom. The zero-order valence-corrected chi connectivity index (χ0v) is 17.4. The quantitative estimate of drug-likeness (QED) is 0.522. The smallest absolute Gasteiger partial charge is 0.407 e. The molecule has 0 unspecified atom stereocenters. The number of amides is 1. The van der Waals surface area contributed by atoms with Crippen LogP contribution in [0.15, 0.2) is 65.4 Å². The first-order valence-corrected chi connectivity index (χ1v) is 9.75.